The van der Waals surface area contributed by atoms with Gasteiger partial charge in [-0.3, -0.25) is 0 Å². The molecule has 3 heteroatoms. The molecule has 0 N–H and O–H groups in total. The van der Waals surface area contributed by atoms with E-state index in [1.165, 1.54) is 150 Å². The van der Waals surface area contributed by atoms with Gasteiger partial charge in [0, 0.05) is 25.8 Å². The van der Waals surface area contributed by atoms with E-state index >= 15 is 0 Å². The fourth-order valence-corrected chi connectivity index (χ4v) is 17.2. The van der Waals surface area contributed by atoms with Gasteiger partial charge in [0.25, 0.3) is 0 Å². The second-order valence-corrected chi connectivity index (χ2v) is 20.2. The van der Waals surface area contributed by atoms with Crippen LogP contribution in [0.3, 0.4) is 0 Å². The molecule has 4 aromatic carbocycles. The van der Waals surface area contributed by atoms with Crippen molar-refractivity contribution >= 4 is 48.0 Å². The quantitative estimate of drug-likeness (QED) is 0.104. The first-order valence-electron chi connectivity index (χ1n) is 18.7. The van der Waals surface area contributed by atoms with Gasteiger partial charge in [-0.1, -0.05) is 105 Å². The molecule has 45 heavy (non-hydrogen) atoms. The third-order valence-electron chi connectivity index (χ3n) is 11.7. The molecule has 0 saturated heterocycles. The standard InChI is InChI=1S/2C21H28P.Hf/c2*1-3-11-19(12-4-1)22(20-13-5-2-6-14-20)21-15-17-9-7-8-10-18(17)16-21;/h2*7-10,15-16,19-20H,1-6,11-14H2;/q2*-1;. The first-order chi connectivity index (χ1) is 21.8. The van der Waals surface area contributed by atoms with Gasteiger partial charge < -0.3 is 0 Å². The van der Waals surface area contributed by atoms with Gasteiger partial charge >= 0.3 is 0 Å². The maximum Gasteiger partial charge on any atom is 0 e. The molecule has 4 aliphatic rings. The second-order valence-electron chi connectivity index (χ2n) is 14.7. The van der Waals surface area contributed by atoms with Crippen LogP contribution in [0.1, 0.15) is 128 Å². The summed E-state index contributed by atoms with van der Waals surface area (Å²) in [6.45, 7) is 0. The molecule has 0 spiro atoms. The van der Waals surface area contributed by atoms with Gasteiger partial charge in [0.2, 0.25) is 0 Å². The number of hydrogen-bond donors (Lipinski definition) is 0. The molecule has 0 aliphatic heterocycles. The number of hydrogen-bond acceptors (Lipinski definition) is 0. The fraction of sp³-hybridized carbons (Fsp3) is 0.571. The molecule has 0 unspecified atom stereocenters. The summed E-state index contributed by atoms with van der Waals surface area (Å²) in [7, 11) is 0.122. The molecule has 0 amide bonds. The van der Waals surface area contributed by atoms with E-state index in [9.17, 15) is 0 Å². The van der Waals surface area contributed by atoms with Crippen LogP contribution in [0.5, 0.6) is 0 Å². The van der Waals surface area contributed by atoms with Crippen LogP contribution in [0.4, 0.5) is 0 Å². The number of benzene rings is 2. The molecule has 4 fully saturated rings. The zero-order valence-corrected chi connectivity index (χ0v) is 33.2. The predicted molar refractivity (Wildman–Crippen MR) is 200 cm³/mol. The summed E-state index contributed by atoms with van der Waals surface area (Å²) in [5.74, 6) is 0. The zero-order chi connectivity index (χ0) is 29.6. The molecule has 0 nitrogen and oxygen atoms in total. The van der Waals surface area contributed by atoms with Crippen molar-refractivity contribution in [1.29, 1.82) is 0 Å². The Balaban J connectivity index is 0.000000155. The third-order valence-corrected chi connectivity index (χ3v) is 18.6. The molecule has 0 atom stereocenters. The van der Waals surface area contributed by atoms with E-state index in [-0.39, 0.29) is 41.7 Å². The van der Waals surface area contributed by atoms with Crippen molar-refractivity contribution in [2.45, 2.75) is 151 Å². The third kappa shape index (κ3) is 8.52. The molecule has 0 aromatic heterocycles. The van der Waals surface area contributed by atoms with E-state index in [1.807, 2.05) is 0 Å². The molecule has 4 aromatic rings. The molecule has 0 heterocycles. The Kier molecular flexibility index (Phi) is 13.1. The largest absolute Gasteiger partial charge is 0.161 e. The van der Waals surface area contributed by atoms with Crippen LogP contribution in [0.25, 0.3) is 21.5 Å². The maximum absolute atomic E-state index is 2.55. The summed E-state index contributed by atoms with van der Waals surface area (Å²) < 4.78 is 0. The van der Waals surface area contributed by atoms with Gasteiger partial charge in [-0.15, -0.1) is 80.7 Å². The van der Waals surface area contributed by atoms with Gasteiger partial charge in [0.15, 0.2) is 0 Å². The molecule has 0 radical (unpaired) electrons. The Morgan fingerprint density at radius 3 is 0.978 bits per heavy atom. The predicted octanol–water partition coefficient (Wildman–Crippen LogP) is 12.7. The Labute approximate surface area is 295 Å². The van der Waals surface area contributed by atoms with Crippen molar-refractivity contribution < 1.29 is 25.8 Å². The normalized spacial score (nSPS) is 21.2. The first-order valence-corrected chi connectivity index (χ1v) is 21.7. The summed E-state index contributed by atoms with van der Waals surface area (Å²) in [6.07, 6.45) is 29.8. The average Bonchev–Trinajstić information content (AvgIpc) is 3.72. The van der Waals surface area contributed by atoms with Crippen LogP contribution in [-0.2, 0) is 25.8 Å². The smallest absolute Gasteiger partial charge is 0 e. The summed E-state index contributed by atoms with van der Waals surface area (Å²) in [5, 5.41) is 9.34. The van der Waals surface area contributed by atoms with E-state index in [4.69, 9.17) is 0 Å². The topological polar surface area (TPSA) is 0 Å². The van der Waals surface area contributed by atoms with Gasteiger partial charge in [0.05, 0.1) is 0 Å². The van der Waals surface area contributed by atoms with Crippen LogP contribution in [0.15, 0.2) is 72.8 Å². The van der Waals surface area contributed by atoms with Crippen molar-refractivity contribution in [1.82, 2.24) is 0 Å². The van der Waals surface area contributed by atoms with E-state index < -0.39 is 0 Å². The molecule has 240 valence electrons. The van der Waals surface area contributed by atoms with E-state index in [0.717, 1.165) is 22.6 Å². The summed E-state index contributed by atoms with van der Waals surface area (Å²) in [6, 6.07) is 28.1. The Morgan fingerprint density at radius 1 is 0.400 bits per heavy atom. The summed E-state index contributed by atoms with van der Waals surface area (Å²) in [5.41, 5.74) is 4.07. The molecule has 4 saturated carbocycles. The van der Waals surface area contributed by atoms with Crippen LogP contribution < -0.4 is 10.6 Å². The maximum atomic E-state index is 2.55. The van der Waals surface area contributed by atoms with Crippen LogP contribution in [0, 0.1) is 0 Å². The summed E-state index contributed by atoms with van der Waals surface area (Å²) in [4.78, 5) is 0. The average molecular weight is 801 g/mol. The van der Waals surface area contributed by atoms with Crippen molar-refractivity contribution in [3.8, 4) is 0 Å². The molecule has 8 rings (SSSR count). The van der Waals surface area contributed by atoms with Gasteiger partial charge in [-0.25, -0.2) is 0 Å². The minimum Gasteiger partial charge on any atom is -0.161 e. The summed E-state index contributed by atoms with van der Waals surface area (Å²) >= 11 is 0. The Bertz CT molecular complexity index is 1210. The monoisotopic (exact) mass is 802 g/mol. The van der Waals surface area contributed by atoms with E-state index in [0.29, 0.717) is 0 Å². The second kappa shape index (κ2) is 17.2. The van der Waals surface area contributed by atoms with Gasteiger partial charge in [-0.2, -0.15) is 12.1 Å². The minimum absolute atomic E-state index is 0. The van der Waals surface area contributed by atoms with E-state index in [1.54, 1.807) is 10.6 Å². The zero-order valence-electron chi connectivity index (χ0n) is 27.8. The number of fused-ring (bicyclic) bond motifs is 2. The van der Waals surface area contributed by atoms with Crippen molar-refractivity contribution in [3.63, 3.8) is 0 Å². The molecule has 4 aliphatic carbocycles. The number of rotatable bonds is 6. The minimum atomic E-state index is 0. The Hall–Kier alpha value is -0.610. The fourth-order valence-electron chi connectivity index (χ4n) is 9.44. The first kappa shape index (κ1) is 34.3. The van der Waals surface area contributed by atoms with Gasteiger partial charge in [0.1, 0.15) is 0 Å². The molecular weight excluding hydrogens is 745 g/mol. The van der Waals surface area contributed by atoms with Crippen LogP contribution in [0.2, 0.25) is 0 Å². The van der Waals surface area contributed by atoms with Crippen molar-refractivity contribution in [3.05, 3.63) is 72.8 Å². The van der Waals surface area contributed by atoms with Crippen LogP contribution >= 0.6 is 15.8 Å². The SMILES string of the molecule is [Hf].c1ccc2[cH-]c(P(C3CCCCC3)C3CCCCC3)cc2c1.c1ccc2[cH-]c(P(C3CCCCC3)C3CCCCC3)cc2c1. The van der Waals surface area contributed by atoms with Gasteiger partial charge in [-0.05, 0) is 74.0 Å². The van der Waals surface area contributed by atoms with Crippen molar-refractivity contribution in [2.75, 3.05) is 0 Å². The molecule has 0 bridgehead atoms. The van der Waals surface area contributed by atoms with Crippen LogP contribution in [-0.4, -0.2) is 22.6 Å². The van der Waals surface area contributed by atoms with Crippen molar-refractivity contribution in [2.24, 2.45) is 0 Å². The molecular formula is C42H56HfP2-2. The van der Waals surface area contributed by atoms with E-state index in [2.05, 4.69) is 72.8 Å². The Morgan fingerprint density at radius 2 is 0.689 bits per heavy atom.